The van der Waals surface area contributed by atoms with E-state index in [2.05, 4.69) is 15.3 Å². The number of aliphatic carboxylic acids is 1. The van der Waals surface area contributed by atoms with Crippen LogP contribution in [0.4, 0.5) is 0 Å². The summed E-state index contributed by atoms with van der Waals surface area (Å²) in [6, 6.07) is 0.334. The zero-order chi connectivity index (χ0) is 19.6. The zero-order valence-corrected chi connectivity index (χ0v) is 15.1. The van der Waals surface area contributed by atoms with Crippen LogP contribution in [0.2, 0.25) is 0 Å². The maximum atomic E-state index is 12.6. The van der Waals surface area contributed by atoms with Crippen LogP contribution in [0.3, 0.4) is 0 Å². The summed E-state index contributed by atoms with van der Waals surface area (Å²) in [7, 11) is 0. The van der Waals surface area contributed by atoms with Crippen molar-refractivity contribution in [1.29, 1.82) is 0 Å². The van der Waals surface area contributed by atoms with Gasteiger partial charge in [-0.1, -0.05) is 20.8 Å². The molecule has 0 aromatic carbocycles. The second-order valence-corrected chi connectivity index (χ2v) is 6.39. The van der Waals surface area contributed by atoms with E-state index in [4.69, 9.17) is 5.11 Å². The largest absolute Gasteiger partial charge is 0.480 e. The number of hydrogen-bond donors (Lipinski definition) is 3. The van der Waals surface area contributed by atoms with Gasteiger partial charge in [0.2, 0.25) is 0 Å². The van der Waals surface area contributed by atoms with Crippen LogP contribution in [0, 0.1) is 0 Å². The predicted octanol–water partition coefficient (Wildman–Crippen LogP) is 0.821. The highest BCUT2D eigenvalue weighted by Gasteiger charge is 2.22. The van der Waals surface area contributed by atoms with E-state index >= 15 is 0 Å². The monoisotopic (exact) mass is 362 g/mol. The lowest BCUT2D eigenvalue weighted by molar-refractivity contribution is -0.138. The van der Waals surface area contributed by atoms with Crippen LogP contribution in [0.25, 0.3) is 11.0 Å². The molecule has 0 saturated heterocycles. The van der Waals surface area contributed by atoms with Crippen LogP contribution in [0.1, 0.15) is 56.1 Å². The van der Waals surface area contributed by atoms with Crippen LogP contribution < -0.4 is 16.6 Å². The van der Waals surface area contributed by atoms with Gasteiger partial charge < -0.3 is 10.4 Å². The third-order valence-corrected chi connectivity index (χ3v) is 3.97. The normalized spacial score (nSPS) is 12.3. The summed E-state index contributed by atoms with van der Waals surface area (Å²) >= 11 is 0. The quantitative estimate of drug-likeness (QED) is 0.696. The topological polar surface area (TPSA) is 134 Å². The van der Waals surface area contributed by atoms with Crippen molar-refractivity contribution < 1.29 is 14.7 Å². The number of rotatable bonds is 6. The van der Waals surface area contributed by atoms with Gasteiger partial charge in [0.15, 0.2) is 5.65 Å². The summed E-state index contributed by atoms with van der Waals surface area (Å²) in [6.45, 7) is 7.26. The summed E-state index contributed by atoms with van der Waals surface area (Å²) in [4.78, 5) is 54.8. The summed E-state index contributed by atoms with van der Waals surface area (Å²) in [5, 5.41) is 11.3. The fourth-order valence-corrected chi connectivity index (χ4v) is 2.54. The third-order valence-electron chi connectivity index (χ3n) is 3.97. The maximum absolute atomic E-state index is 12.6. The molecule has 0 aliphatic rings. The summed E-state index contributed by atoms with van der Waals surface area (Å²) in [5.41, 5.74) is -0.672. The minimum atomic E-state index is -1.20. The first-order chi connectivity index (χ1) is 12.2. The molecule has 0 fully saturated rings. The van der Waals surface area contributed by atoms with E-state index in [1.807, 2.05) is 20.8 Å². The Bertz CT molecular complexity index is 974. The van der Waals surface area contributed by atoms with Gasteiger partial charge in [-0.3, -0.25) is 23.9 Å². The van der Waals surface area contributed by atoms with Gasteiger partial charge in [-0.05, 0) is 25.3 Å². The lowest BCUT2D eigenvalue weighted by Crippen LogP contribution is -2.39. The van der Waals surface area contributed by atoms with Crippen molar-refractivity contribution in [2.75, 3.05) is 0 Å². The number of nitrogens with one attached hydrogen (secondary N) is 2. The Balaban J connectivity index is 2.82. The number of aromatic amines is 1. The molecule has 0 spiro atoms. The Morgan fingerprint density at radius 1 is 1.31 bits per heavy atom. The van der Waals surface area contributed by atoms with Crippen LogP contribution >= 0.6 is 0 Å². The number of carboxylic acids is 1. The smallest absolute Gasteiger partial charge is 0.329 e. The first kappa shape index (κ1) is 19.4. The number of carbonyl (C=O) groups excluding carboxylic acids is 1. The Hall–Kier alpha value is -2.97. The average molecular weight is 362 g/mol. The van der Waals surface area contributed by atoms with Crippen molar-refractivity contribution in [3.05, 3.63) is 38.2 Å². The van der Waals surface area contributed by atoms with E-state index in [0.717, 1.165) is 0 Å². The molecule has 1 atom stereocenters. The van der Waals surface area contributed by atoms with E-state index < -0.39 is 29.2 Å². The molecule has 26 heavy (non-hydrogen) atoms. The van der Waals surface area contributed by atoms with Crippen molar-refractivity contribution in [2.24, 2.45) is 0 Å². The van der Waals surface area contributed by atoms with Gasteiger partial charge in [0, 0.05) is 12.2 Å². The zero-order valence-electron chi connectivity index (χ0n) is 15.1. The molecule has 2 aromatic heterocycles. The molecule has 2 rings (SSSR count). The molecule has 2 aromatic rings. The average Bonchev–Trinajstić information content (AvgIpc) is 2.56. The van der Waals surface area contributed by atoms with Gasteiger partial charge >= 0.3 is 11.7 Å². The molecule has 9 heteroatoms. The van der Waals surface area contributed by atoms with Gasteiger partial charge in [0.25, 0.3) is 11.5 Å². The molecule has 2 heterocycles. The molecule has 0 bridgehead atoms. The van der Waals surface area contributed by atoms with E-state index in [-0.39, 0.29) is 22.5 Å². The highest BCUT2D eigenvalue weighted by atomic mass is 16.4. The highest BCUT2D eigenvalue weighted by molar-refractivity contribution is 6.06. The third kappa shape index (κ3) is 3.66. The molecular weight excluding hydrogens is 340 g/mol. The van der Waals surface area contributed by atoms with Crippen LogP contribution in [0.15, 0.2) is 15.7 Å². The first-order valence-electron chi connectivity index (χ1n) is 8.38. The lowest BCUT2D eigenvalue weighted by Gasteiger charge is -2.15. The standard InChI is InChI=1S/C17H22N4O5/c1-5-6-21-13-12(15(23)20-17(21)26)10(7-11(19-13)8(2)3)14(22)18-9(4)16(24)25/h7-9H,5-6H2,1-4H3,(H,18,22)(H,24,25)(H,20,23,26)/t9-/m1/s1. The van der Waals surface area contributed by atoms with Gasteiger partial charge in [0.1, 0.15) is 6.04 Å². The molecular formula is C17H22N4O5. The van der Waals surface area contributed by atoms with Gasteiger partial charge in [-0.25, -0.2) is 9.78 Å². The molecule has 0 unspecified atom stereocenters. The fraction of sp³-hybridized carbons (Fsp3) is 0.471. The fourth-order valence-electron chi connectivity index (χ4n) is 2.54. The first-order valence-corrected chi connectivity index (χ1v) is 8.38. The number of aromatic nitrogens is 3. The number of H-pyrrole nitrogens is 1. The number of hydrogen-bond acceptors (Lipinski definition) is 5. The van der Waals surface area contributed by atoms with Crippen LogP contribution in [-0.2, 0) is 11.3 Å². The molecule has 3 N–H and O–H groups in total. The molecule has 0 radical (unpaired) electrons. The van der Waals surface area contributed by atoms with E-state index in [0.29, 0.717) is 18.7 Å². The second kappa shape index (κ2) is 7.51. The number of amides is 1. The molecule has 140 valence electrons. The van der Waals surface area contributed by atoms with E-state index in [1.54, 1.807) is 0 Å². The van der Waals surface area contributed by atoms with E-state index in [9.17, 15) is 19.2 Å². The minimum Gasteiger partial charge on any atom is -0.480 e. The molecule has 0 saturated carbocycles. The predicted molar refractivity (Wildman–Crippen MR) is 95.6 cm³/mol. The number of fused-ring (bicyclic) bond motifs is 1. The van der Waals surface area contributed by atoms with Gasteiger partial charge in [-0.15, -0.1) is 0 Å². The van der Waals surface area contributed by atoms with Crippen molar-refractivity contribution >= 4 is 22.9 Å². The molecule has 0 aliphatic heterocycles. The number of pyridine rings is 1. The summed E-state index contributed by atoms with van der Waals surface area (Å²) < 4.78 is 1.32. The van der Waals surface area contributed by atoms with Crippen molar-refractivity contribution in [3.8, 4) is 0 Å². The van der Waals surface area contributed by atoms with Crippen molar-refractivity contribution in [2.45, 2.75) is 52.6 Å². The number of carbonyl (C=O) groups is 2. The minimum absolute atomic E-state index is 0.00194. The number of carboxylic acid groups (broad SMARTS) is 1. The van der Waals surface area contributed by atoms with Crippen LogP contribution in [-0.4, -0.2) is 37.6 Å². The lowest BCUT2D eigenvalue weighted by atomic mass is 10.0. The second-order valence-electron chi connectivity index (χ2n) is 6.39. The summed E-state index contributed by atoms with van der Waals surface area (Å²) in [5.74, 6) is -1.97. The van der Waals surface area contributed by atoms with Gasteiger partial charge in [-0.2, -0.15) is 0 Å². The summed E-state index contributed by atoms with van der Waals surface area (Å²) in [6.07, 6.45) is 0.631. The Morgan fingerprint density at radius 2 is 1.96 bits per heavy atom. The maximum Gasteiger partial charge on any atom is 0.329 e. The Morgan fingerprint density at radius 3 is 2.50 bits per heavy atom. The van der Waals surface area contributed by atoms with Gasteiger partial charge in [0.05, 0.1) is 10.9 Å². The molecule has 0 aliphatic carbocycles. The van der Waals surface area contributed by atoms with Crippen LogP contribution in [0.5, 0.6) is 0 Å². The van der Waals surface area contributed by atoms with Crippen molar-refractivity contribution in [1.82, 2.24) is 19.9 Å². The Kier molecular flexibility index (Phi) is 5.59. The SMILES string of the molecule is CCCn1c(=O)[nH]c(=O)c2c(C(=O)N[C@H](C)C(=O)O)cc(C(C)C)nc21. The van der Waals surface area contributed by atoms with E-state index in [1.165, 1.54) is 17.6 Å². The Labute approximate surface area is 149 Å². The molecule has 9 nitrogen and oxygen atoms in total. The highest BCUT2D eigenvalue weighted by Crippen LogP contribution is 2.20. The number of nitrogens with zero attached hydrogens (tertiary/aromatic N) is 2. The number of aryl methyl sites for hydroxylation is 1. The molecule has 1 amide bonds. The van der Waals surface area contributed by atoms with Crippen molar-refractivity contribution in [3.63, 3.8) is 0 Å².